The Balaban J connectivity index is 1.43. The minimum absolute atomic E-state index is 0.110. The van der Waals surface area contributed by atoms with Crippen molar-refractivity contribution in [3.05, 3.63) is 35.5 Å². The first-order chi connectivity index (χ1) is 14.3. The van der Waals surface area contributed by atoms with Crippen LogP contribution >= 0.6 is 11.3 Å². The van der Waals surface area contributed by atoms with E-state index in [0.717, 1.165) is 33.3 Å². The van der Waals surface area contributed by atoms with Crippen LogP contribution in [0.15, 0.2) is 30.5 Å². The van der Waals surface area contributed by atoms with Crippen LogP contribution in [0.1, 0.15) is 24.8 Å². The molecular formula is C21H23F2N5OS. The molecule has 0 bridgehead atoms. The lowest BCUT2D eigenvalue weighted by Gasteiger charge is -2.32. The normalized spacial score (nSPS) is 16.1. The number of anilines is 1. The van der Waals surface area contributed by atoms with Crippen LogP contribution in [0.4, 0.5) is 14.6 Å². The molecule has 2 aromatic heterocycles. The smallest absolute Gasteiger partial charge is 0.257 e. The van der Waals surface area contributed by atoms with Crippen LogP contribution in [0.25, 0.3) is 21.3 Å². The van der Waals surface area contributed by atoms with Crippen molar-refractivity contribution in [1.82, 2.24) is 20.1 Å². The topological polar surface area (TPSA) is 71.0 Å². The molecule has 3 aromatic rings. The summed E-state index contributed by atoms with van der Waals surface area (Å²) in [5, 5.41) is 14.8. The number of carbonyl (C=O) groups is 1. The number of pyridine rings is 1. The molecule has 1 aliphatic heterocycles. The van der Waals surface area contributed by atoms with E-state index in [2.05, 4.69) is 20.5 Å². The number of benzene rings is 1. The highest BCUT2D eigenvalue weighted by Crippen LogP contribution is 2.28. The number of fused-ring (bicyclic) bond motifs is 1. The van der Waals surface area contributed by atoms with E-state index in [9.17, 15) is 13.6 Å². The van der Waals surface area contributed by atoms with Gasteiger partial charge in [0.1, 0.15) is 15.8 Å². The molecule has 158 valence electrons. The van der Waals surface area contributed by atoms with Gasteiger partial charge in [0.25, 0.3) is 5.92 Å². The zero-order chi connectivity index (χ0) is 21.3. The molecule has 9 heteroatoms. The number of alkyl halides is 2. The molecule has 30 heavy (non-hydrogen) atoms. The Hall–Kier alpha value is -2.52. The van der Waals surface area contributed by atoms with E-state index in [1.807, 2.05) is 31.2 Å². The number of amides is 1. The van der Waals surface area contributed by atoms with Crippen LogP contribution in [-0.2, 0) is 4.79 Å². The maximum atomic E-state index is 13.2. The van der Waals surface area contributed by atoms with Gasteiger partial charge in [0.2, 0.25) is 5.91 Å². The minimum atomic E-state index is -2.71. The molecule has 1 saturated heterocycles. The SMILES string of the molecule is Cc1nnc(-c2ccc3cnc(NC(=O)C4CCN(CC(C)(F)F)CC4)cc3c2)s1. The van der Waals surface area contributed by atoms with Gasteiger partial charge in [-0.25, -0.2) is 13.8 Å². The Bertz CT molecular complexity index is 1060. The van der Waals surface area contributed by atoms with E-state index in [1.54, 1.807) is 11.1 Å². The van der Waals surface area contributed by atoms with E-state index in [1.165, 1.54) is 11.3 Å². The summed E-state index contributed by atoms with van der Waals surface area (Å²) in [5.74, 6) is -2.53. The molecule has 1 amide bonds. The van der Waals surface area contributed by atoms with Gasteiger partial charge in [-0.05, 0) is 50.4 Å². The average Bonchev–Trinajstić information content (AvgIpc) is 3.13. The third-order valence-corrected chi connectivity index (χ3v) is 6.09. The van der Waals surface area contributed by atoms with Crippen molar-refractivity contribution >= 4 is 33.8 Å². The predicted molar refractivity (Wildman–Crippen MR) is 114 cm³/mol. The van der Waals surface area contributed by atoms with Crippen molar-refractivity contribution in [3.8, 4) is 10.6 Å². The lowest BCUT2D eigenvalue weighted by atomic mass is 9.95. The number of aryl methyl sites for hydroxylation is 1. The van der Waals surface area contributed by atoms with Crippen molar-refractivity contribution in [2.75, 3.05) is 25.0 Å². The van der Waals surface area contributed by atoms with Crippen LogP contribution in [0, 0.1) is 12.8 Å². The molecular weight excluding hydrogens is 408 g/mol. The second kappa shape index (κ2) is 8.31. The van der Waals surface area contributed by atoms with Crippen LogP contribution in [0.3, 0.4) is 0 Å². The molecule has 0 saturated carbocycles. The molecule has 6 nitrogen and oxygen atoms in total. The number of likely N-dealkylation sites (tertiary alicyclic amines) is 1. The number of rotatable bonds is 5. The minimum Gasteiger partial charge on any atom is -0.310 e. The molecule has 1 N–H and O–H groups in total. The molecule has 0 unspecified atom stereocenters. The number of carbonyl (C=O) groups excluding carboxylic acids is 1. The first-order valence-corrected chi connectivity index (χ1v) is 10.7. The number of halogens is 2. The Morgan fingerprint density at radius 2 is 2.00 bits per heavy atom. The monoisotopic (exact) mass is 431 g/mol. The summed E-state index contributed by atoms with van der Waals surface area (Å²) >= 11 is 1.53. The summed E-state index contributed by atoms with van der Waals surface area (Å²) in [6.45, 7) is 3.57. The fourth-order valence-corrected chi connectivity index (χ4v) is 4.42. The van der Waals surface area contributed by atoms with Gasteiger partial charge < -0.3 is 5.32 Å². The molecule has 0 spiro atoms. The number of hydrogen-bond donors (Lipinski definition) is 1. The van der Waals surface area contributed by atoms with Gasteiger partial charge in [-0.3, -0.25) is 9.69 Å². The zero-order valence-electron chi connectivity index (χ0n) is 16.9. The van der Waals surface area contributed by atoms with E-state index in [-0.39, 0.29) is 18.4 Å². The Labute approximate surface area is 177 Å². The molecule has 1 aliphatic rings. The number of piperidine rings is 1. The first kappa shape index (κ1) is 20.7. The van der Waals surface area contributed by atoms with Gasteiger partial charge in [-0.2, -0.15) is 0 Å². The summed E-state index contributed by atoms with van der Waals surface area (Å²) < 4.78 is 26.4. The highest BCUT2D eigenvalue weighted by molar-refractivity contribution is 7.14. The maximum Gasteiger partial charge on any atom is 0.257 e. The van der Waals surface area contributed by atoms with Gasteiger partial charge in [0, 0.05) is 30.0 Å². The van der Waals surface area contributed by atoms with Gasteiger partial charge in [-0.1, -0.05) is 23.5 Å². The van der Waals surface area contributed by atoms with Crippen LogP contribution in [0.5, 0.6) is 0 Å². The Kier molecular flexibility index (Phi) is 5.75. The first-order valence-electron chi connectivity index (χ1n) is 9.88. The predicted octanol–water partition coefficient (Wildman–Crippen LogP) is 4.37. The third-order valence-electron chi connectivity index (χ3n) is 5.21. The Morgan fingerprint density at radius 1 is 1.23 bits per heavy atom. The number of hydrogen-bond acceptors (Lipinski definition) is 6. The highest BCUT2D eigenvalue weighted by Gasteiger charge is 2.30. The van der Waals surface area contributed by atoms with E-state index in [0.29, 0.717) is 31.7 Å². The summed E-state index contributed by atoms with van der Waals surface area (Å²) in [6.07, 6.45) is 2.86. The van der Waals surface area contributed by atoms with Crippen molar-refractivity contribution in [3.63, 3.8) is 0 Å². The van der Waals surface area contributed by atoms with Crippen molar-refractivity contribution in [2.45, 2.75) is 32.6 Å². The maximum absolute atomic E-state index is 13.2. The number of nitrogens with zero attached hydrogens (tertiary/aromatic N) is 4. The van der Waals surface area contributed by atoms with Crippen molar-refractivity contribution in [2.24, 2.45) is 5.92 Å². The van der Waals surface area contributed by atoms with Gasteiger partial charge in [0.05, 0.1) is 6.54 Å². The summed E-state index contributed by atoms with van der Waals surface area (Å²) in [4.78, 5) is 18.7. The van der Waals surface area contributed by atoms with Gasteiger partial charge in [-0.15, -0.1) is 10.2 Å². The van der Waals surface area contributed by atoms with E-state index < -0.39 is 5.92 Å². The molecule has 4 rings (SSSR count). The average molecular weight is 432 g/mol. The molecule has 0 radical (unpaired) electrons. The summed E-state index contributed by atoms with van der Waals surface area (Å²) in [6, 6.07) is 7.81. The second-order valence-corrected chi connectivity index (χ2v) is 9.05. The van der Waals surface area contributed by atoms with Crippen molar-refractivity contribution < 1.29 is 13.6 Å². The van der Waals surface area contributed by atoms with Gasteiger partial charge in [0.15, 0.2) is 0 Å². The molecule has 3 heterocycles. The lowest BCUT2D eigenvalue weighted by molar-refractivity contribution is -0.121. The molecule has 1 fully saturated rings. The summed E-state index contributed by atoms with van der Waals surface area (Å²) in [7, 11) is 0. The molecule has 0 aliphatic carbocycles. The van der Waals surface area contributed by atoms with Crippen LogP contribution in [0.2, 0.25) is 0 Å². The van der Waals surface area contributed by atoms with E-state index in [4.69, 9.17) is 0 Å². The molecule has 1 aromatic carbocycles. The fourth-order valence-electron chi connectivity index (χ4n) is 3.73. The lowest BCUT2D eigenvalue weighted by Crippen LogP contribution is -2.42. The van der Waals surface area contributed by atoms with Crippen LogP contribution < -0.4 is 5.32 Å². The second-order valence-electron chi connectivity index (χ2n) is 7.87. The largest absolute Gasteiger partial charge is 0.310 e. The number of nitrogens with one attached hydrogen (secondary N) is 1. The standard InChI is InChI=1S/C21H23F2N5OS/c1-13-26-27-20(30-13)15-3-4-16-11-24-18(10-17(16)9-15)25-19(29)14-5-7-28(8-6-14)12-21(2,22)23/h3-4,9-11,14H,5-8,12H2,1-2H3,(H,24,25,29). The third kappa shape index (κ3) is 4.96. The number of aromatic nitrogens is 3. The van der Waals surface area contributed by atoms with Crippen LogP contribution in [-0.4, -0.2) is 51.5 Å². The molecule has 0 atom stereocenters. The van der Waals surface area contributed by atoms with E-state index >= 15 is 0 Å². The zero-order valence-corrected chi connectivity index (χ0v) is 17.7. The highest BCUT2D eigenvalue weighted by atomic mass is 32.1. The fraction of sp³-hybridized carbons (Fsp3) is 0.429. The summed E-state index contributed by atoms with van der Waals surface area (Å²) in [5.41, 5.74) is 0.969. The Morgan fingerprint density at radius 3 is 2.67 bits per heavy atom. The van der Waals surface area contributed by atoms with Crippen molar-refractivity contribution in [1.29, 1.82) is 0 Å². The quantitative estimate of drug-likeness (QED) is 0.650. The van der Waals surface area contributed by atoms with Gasteiger partial charge >= 0.3 is 0 Å².